The molecule has 0 unspecified atom stereocenters. The molecule has 2 aromatic rings. The second-order valence-electron chi connectivity index (χ2n) is 3.82. The van der Waals surface area contributed by atoms with Gasteiger partial charge in [0.2, 0.25) is 0 Å². The number of rotatable bonds is 3. The van der Waals surface area contributed by atoms with E-state index in [1.165, 1.54) is 6.07 Å². The Bertz CT molecular complexity index is 592. The summed E-state index contributed by atoms with van der Waals surface area (Å²) in [6.45, 7) is 0. The van der Waals surface area contributed by atoms with Crippen molar-refractivity contribution in [3.05, 3.63) is 69.8 Å². The van der Waals surface area contributed by atoms with Gasteiger partial charge in [-0.1, -0.05) is 42.5 Å². The van der Waals surface area contributed by atoms with Crippen LogP contribution in [-0.2, 0) is 0 Å². The zero-order valence-electron chi connectivity index (χ0n) is 9.61. The second-order valence-corrected chi connectivity index (χ2v) is 3.82. The number of nitrogens with two attached hydrogens (primary N) is 1. The molecule has 0 fully saturated rings. The Kier molecular flexibility index (Phi) is 3.38. The summed E-state index contributed by atoms with van der Waals surface area (Å²) in [6, 6.07) is 14.5. The van der Waals surface area contributed by atoms with Crippen LogP contribution < -0.4 is 5.73 Å². The van der Waals surface area contributed by atoms with E-state index in [9.17, 15) is 10.1 Å². The fourth-order valence-electron chi connectivity index (χ4n) is 1.60. The summed E-state index contributed by atoms with van der Waals surface area (Å²) in [4.78, 5) is 10.1. The highest BCUT2D eigenvalue weighted by Crippen LogP contribution is 2.23. The molecule has 0 spiro atoms. The summed E-state index contributed by atoms with van der Waals surface area (Å²) in [5, 5.41) is 10.6. The van der Waals surface area contributed by atoms with E-state index in [0.29, 0.717) is 0 Å². The lowest BCUT2D eigenvalue weighted by Crippen LogP contribution is -1.95. The molecule has 2 aromatic carbocycles. The monoisotopic (exact) mass is 240 g/mol. The van der Waals surface area contributed by atoms with Crippen molar-refractivity contribution in [1.82, 2.24) is 0 Å². The van der Waals surface area contributed by atoms with Crippen molar-refractivity contribution >= 4 is 23.5 Å². The molecule has 0 atom stereocenters. The van der Waals surface area contributed by atoms with Crippen molar-refractivity contribution < 1.29 is 4.92 Å². The van der Waals surface area contributed by atoms with E-state index in [1.807, 2.05) is 42.5 Å². The average molecular weight is 240 g/mol. The number of anilines is 1. The Balaban J connectivity index is 2.23. The fraction of sp³-hybridized carbons (Fsp3) is 0. The minimum atomic E-state index is -0.486. The maximum Gasteiger partial charge on any atom is 0.292 e. The predicted octanol–water partition coefficient (Wildman–Crippen LogP) is 3.35. The van der Waals surface area contributed by atoms with Crippen molar-refractivity contribution in [2.75, 3.05) is 5.73 Å². The number of nitro groups is 1. The summed E-state index contributed by atoms with van der Waals surface area (Å²) < 4.78 is 0. The molecule has 0 radical (unpaired) electrons. The van der Waals surface area contributed by atoms with Crippen LogP contribution in [-0.4, -0.2) is 4.92 Å². The highest BCUT2D eigenvalue weighted by Gasteiger charge is 2.09. The fourth-order valence-corrected chi connectivity index (χ4v) is 1.60. The number of hydrogen-bond acceptors (Lipinski definition) is 3. The van der Waals surface area contributed by atoms with Crippen LogP contribution in [0.1, 0.15) is 11.1 Å². The third-order valence-electron chi connectivity index (χ3n) is 2.52. The van der Waals surface area contributed by atoms with Gasteiger partial charge in [0.25, 0.3) is 5.69 Å². The number of nitro benzene ring substituents is 1. The Hall–Kier alpha value is -2.62. The van der Waals surface area contributed by atoms with Crippen molar-refractivity contribution in [3.8, 4) is 0 Å². The molecule has 0 bridgehead atoms. The molecule has 4 heteroatoms. The van der Waals surface area contributed by atoms with E-state index >= 15 is 0 Å². The maximum atomic E-state index is 10.6. The summed E-state index contributed by atoms with van der Waals surface area (Å²) in [7, 11) is 0. The summed E-state index contributed by atoms with van der Waals surface area (Å²) in [5.74, 6) is 0. The molecule has 0 heterocycles. The lowest BCUT2D eigenvalue weighted by Gasteiger charge is -1.98. The largest absolute Gasteiger partial charge is 0.393 e. The van der Waals surface area contributed by atoms with Crippen LogP contribution in [0.4, 0.5) is 11.4 Å². The Labute approximate surface area is 105 Å². The van der Waals surface area contributed by atoms with E-state index in [4.69, 9.17) is 5.73 Å². The molecule has 0 aromatic heterocycles. The summed E-state index contributed by atoms with van der Waals surface area (Å²) >= 11 is 0. The molecule has 90 valence electrons. The average Bonchev–Trinajstić information content (AvgIpc) is 2.37. The predicted molar refractivity (Wildman–Crippen MR) is 72.9 cm³/mol. The normalized spacial score (nSPS) is 10.7. The SMILES string of the molecule is Nc1cc(C=Cc2ccccc2)ccc1[N+](=O)[O-]. The maximum absolute atomic E-state index is 10.6. The molecular formula is C14H12N2O2. The Morgan fingerprint density at radius 3 is 2.28 bits per heavy atom. The molecule has 0 aliphatic carbocycles. The highest BCUT2D eigenvalue weighted by molar-refractivity contribution is 5.73. The molecule has 4 nitrogen and oxygen atoms in total. The lowest BCUT2D eigenvalue weighted by atomic mass is 10.1. The molecule has 2 N–H and O–H groups in total. The topological polar surface area (TPSA) is 69.2 Å². The summed E-state index contributed by atoms with van der Waals surface area (Å²) in [6.07, 6.45) is 3.80. The second kappa shape index (κ2) is 5.14. The van der Waals surface area contributed by atoms with Gasteiger partial charge in [-0.3, -0.25) is 10.1 Å². The van der Waals surface area contributed by atoms with Gasteiger partial charge < -0.3 is 5.73 Å². The van der Waals surface area contributed by atoms with Crippen LogP contribution in [0, 0.1) is 10.1 Å². The highest BCUT2D eigenvalue weighted by atomic mass is 16.6. The van der Waals surface area contributed by atoms with Crippen molar-refractivity contribution in [3.63, 3.8) is 0 Å². The van der Waals surface area contributed by atoms with Crippen molar-refractivity contribution in [2.45, 2.75) is 0 Å². The molecule has 0 aliphatic rings. The number of nitrogens with zero attached hydrogens (tertiary/aromatic N) is 1. The van der Waals surface area contributed by atoms with Crippen LogP contribution in [0.15, 0.2) is 48.5 Å². The first kappa shape index (κ1) is 11.9. The minimum Gasteiger partial charge on any atom is -0.393 e. The van der Waals surface area contributed by atoms with Crippen LogP contribution in [0.5, 0.6) is 0 Å². The zero-order valence-corrected chi connectivity index (χ0v) is 9.61. The summed E-state index contributed by atoms with van der Waals surface area (Å²) in [5.41, 5.74) is 7.63. The third-order valence-corrected chi connectivity index (χ3v) is 2.52. The van der Waals surface area contributed by atoms with Gasteiger partial charge in [-0.15, -0.1) is 0 Å². The van der Waals surface area contributed by atoms with E-state index in [2.05, 4.69) is 0 Å². The van der Waals surface area contributed by atoms with Crippen LogP contribution in [0.25, 0.3) is 12.2 Å². The van der Waals surface area contributed by atoms with Gasteiger partial charge in [0.15, 0.2) is 0 Å². The number of benzene rings is 2. The van der Waals surface area contributed by atoms with Gasteiger partial charge >= 0.3 is 0 Å². The molecule has 0 saturated heterocycles. The van der Waals surface area contributed by atoms with E-state index in [0.717, 1.165) is 11.1 Å². The molecule has 0 aliphatic heterocycles. The van der Waals surface area contributed by atoms with Crippen molar-refractivity contribution in [2.24, 2.45) is 0 Å². The number of nitrogen functional groups attached to an aromatic ring is 1. The zero-order chi connectivity index (χ0) is 13.0. The third kappa shape index (κ3) is 2.74. The lowest BCUT2D eigenvalue weighted by molar-refractivity contribution is -0.383. The van der Waals surface area contributed by atoms with Crippen LogP contribution in [0.3, 0.4) is 0 Å². The number of hydrogen-bond donors (Lipinski definition) is 1. The first-order valence-electron chi connectivity index (χ1n) is 5.44. The van der Waals surface area contributed by atoms with E-state index < -0.39 is 4.92 Å². The van der Waals surface area contributed by atoms with Gasteiger partial charge in [-0.25, -0.2) is 0 Å². The quantitative estimate of drug-likeness (QED) is 0.387. The molecule has 2 rings (SSSR count). The first-order valence-corrected chi connectivity index (χ1v) is 5.44. The van der Waals surface area contributed by atoms with Gasteiger partial charge in [-0.2, -0.15) is 0 Å². The molecule has 0 amide bonds. The van der Waals surface area contributed by atoms with Crippen LogP contribution in [0.2, 0.25) is 0 Å². The van der Waals surface area contributed by atoms with Gasteiger partial charge in [0.05, 0.1) is 4.92 Å². The molecule has 18 heavy (non-hydrogen) atoms. The standard InChI is InChI=1S/C14H12N2O2/c15-13-10-12(8-9-14(13)16(17)18)7-6-11-4-2-1-3-5-11/h1-10H,15H2. The van der Waals surface area contributed by atoms with Gasteiger partial charge in [0.1, 0.15) is 5.69 Å². The van der Waals surface area contributed by atoms with E-state index in [-0.39, 0.29) is 11.4 Å². The van der Waals surface area contributed by atoms with E-state index in [1.54, 1.807) is 12.1 Å². The van der Waals surface area contributed by atoms with Gasteiger partial charge in [-0.05, 0) is 23.3 Å². The first-order chi connectivity index (χ1) is 8.66. The smallest absolute Gasteiger partial charge is 0.292 e. The minimum absolute atomic E-state index is 0.0631. The Morgan fingerprint density at radius 1 is 1.00 bits per heavy atom. The molecular weight excluding hydrogens is 228 g/mol. The van der Waals surface area contributed by atoms with Crippen molar-refractivity contribution in [1.29, 1.82) is 0 Å². The van der Waals surface area contributed by atoms with Crippen LogP contribution >= 0.6 is 0 Å². The Morgan fingerprint density at radius 2 is 1.67 bits per heavy atom. The molecule has 0 saturated carbocycles. The van der Waals surface area contributed by atoms with Gasteiger partial charge in [0, 0.05) is 6.07 Å².